The van der Waals surface area contributed by atoms with Gasteiger partial charge >= 0.3 is 5.97 Å². The summed E-state index contributed by atoms with van der Waals surface area (Å²) in [6, 6.07) is 0. The van der Waals surface area contributed by atoms with Gasteiger partial charge in [-0.25, -0.2) is 0 Å². The minimum absolute atomic E-state index is 0.0812. The third kappa shape index (κ3) is 24.6. The number of carbonyl (C=O) groups excluding carboxylic acids is 2. The predicted octanol–water partition coefficient (Wildman–Crippen LogP) is 12.9. The summed E-state index contributed by atoms with van der Waals surface area (Å²) in [7, 11) is 0. The van der Waals surface area contributed by atoms with Crippen LogP contribution in [0.2, 0.25) is 0 Å². The Morgan fingerprint density at radius 1 is 0.587 bits per heavy atom. The first-order valence-corrected chi connectivity index (χ1v) is 20.4. The van der Waals surface area contributed by atoms with Crippen molar-refractivity contribution in [3.63, 3.8) is 0 Å². The van der Waals surface area contributed by atoms with Gasteiger partial charge in [-0.1, -0.05) is 147 Å². The maximum Gasteiger partial charge on any atom is 0.306 e. The molecule has 0 aromatic rings. The molecular weight excluding hydrogens is 566 g/mol. The molecule has 4 nitrogen and oxygen atoms in total. The van der Waals surface area contributed by atoms with Crippen LogP contribution in [0.25, 0.3) is 0 Å². The van der Waals surface area contributed by atoms with Crippen LogP contribution in [0.5, 0.6) is 0 Å². The molecule has 0 saturated heterocycles. The van der Waals surface area contributed by atoms with Crippen molar-refractivity contribution in [2.45, 2.75) is 219 Å². The standard InChI is InChI=1S/C42H77NO3/c1-3-5-7-9-11-13-15-17-19-21-23-25-27-29-31-37-41(44)46-40-36-33-32-34-38(40)39(42(43)45)35-30-28-26-24-22-20-18-16-14-12-10-8-6-4-2/h17-20,38-40H,3-16,21-37H2,1-2H3,(H2,43,45). The lowest BCUT2D eigenvalue weighted by molar-refractivity contribution is -0.157. The molecule has 0 heterocycles. The van der Waals surface area contributed by atoms with E-state index in [2.05, 4.69) is 38.2 Å². The number of esters is 1. The van der Waals surface area contributed by atoms with Gasteiger partial charge in [0, 0.05) is 18.3 Å². The van der Waals surface area contributed by atoms with E-state index >= 15 is 0 Å². The summed E-state index contributed by atoms with van der Waals surface area (Å²) in [6.07, 6.45) is 46.0. The summed E-state index contributed by atoms with van der Waals surface area (Å²) in [4.78, 5) is 25.2. The number of amides is 1. The van der Waals surface area contributed by atoms with E-state index in [1.165, 1.54) is 128 Å². The van der Waals surface area contributed by atoms with E-state index in [-0.39, 0.29) is 29.8 Å². The van der Waals surface area contributed by atoms with Crippen molar-refractivity contribution in [3.8, 4) is 0 Å². The summed E-state index contributed by atoms with van der Waals surface area (Å²) >= 11 is 0. The molecule has 4 heteroatoms. The fraction of sp³-hybridized carbons (Fsp3) is 0.857. The first-order chi connectivity index (χ1) is 22.6. The van der Waals surface area contributed by atoms with Crippen molar-refractivity contribution in [2.24, 2.45) is 17.6 Å². The minimum Gasteiger partial charge on any atom is -0.462 e. The lowest BCUT2D eigenvalue weighted by Gasteiger charge is -2.35. The molecule has 0 aromatic carbocycles. The number of rotatable bonds is 32. The normalized spacial score (nSPS) is 17.6. The molecule has 1 aliphatic rings. The van der Waals surface area contributed by atoms with Gasteiger partial charge in [0.1, 0.15) is 6.10 Å². The lowest BCUT2D eigenvalue weighted by atomic mass is 9.75. The second-order valence-corrected chi connectivity index (χ2v) is 14.3. The van der Waals surface area contributed by atoms with Gasteiger partial charge in [0.05, 0.1) is 0 Å². The van der Waals surface area contributed by atoms with Gasteiger partial charge in [-0.15, -0.1) is 0 Å². The Kier molecular flexibility index (Phi) is 29.5. The third-order valence-electron chi connectivity index (χ3n) is 10.1. The zero-order valence-corrected chi connectivity index (χ0v) is 30.8. The molecule has 1 amide bonds. The van der Waals surface area contributed by atoms with E-state index in [1.807, 2.05) is 0 Å². The number of primary amides is 1. The summed E-state index contributed by atoms with van der Waals surface area (Å²) < 4.78 is 6.01. The number of allylic oxidation sites excluding steroid dienone is 4. The number of ether oxygens (including phenoxy) is 1. The lowest BCUT2D eigenvalue weighted by Crippen LogP contribution is -2.40. The van der Waals surface area contributed by atoms with Crippen molar-refractivity contribution >= 4 is 11.9 Å². The minimum atomic E-state index is -0.206. The van der Waals surface area contributed by atoms with Crippen LogP contribution in [0.15, 0.2) is 24.3 Å². The number of nitrogens with two attached hydrogens (primary N) is 1. The molecule has 1 fully saturated rings. The second-order valence-electron chi connectivity index (χ2n) is 14.3. The van der Waals surface area contributed by atoms with Crippen molar-refractivity contribution in [1.29, 1.82) is 0 Å². The highest BCUT2D eigenvalue weighted by molar-refractivity contribution is 5.77. The molecule has 0 aromatic heterocycles. The molecule has 0 spiro atoms. The molecule has 2 N–H and O–H groups in total. The van der Waals surface area contributed by atoms with Crippen molar-refractivity contribution in [3.05, 3.63) is 24.3 Å². The monoisotopic (exact) mass is 644 g/mol. The van der Waals surface area contributed by atoms with Gasteiger partial charge in [-0.2, -0.15) is 0 Å². The fourth-order valence-corrected chi connectivity index (χ4v) is 7.13. The van der Waals surface area contributed by atoms with Crippen LogP contribution in [0.1, 0.15) is 213 Å². The molecule has 1 saturated carbocycles. The van der Waals surface area contributed by atoms with Crippen LogP contribution in [0.4, 0.5) is 0 Å². The number of unbranched alkanes of at least 4 members (excludes halogenated alkanes) is 21. The Morgan fingerprint density at radius 3 is 1.48 bits per heavy atom. The van der Waals surface area contributed by atoms with Gasteiger partial charge in [0.2, 0.25) is 5.91 Å². The Hall–Kier alpha value is -1.58. The third-order valence-corrected chi connectivity index (χ3v) is 10.1. The molecule has 268 valence electrons. The molecular formula is C42H77NO3. The van der Waals surface area contributed by atoms with Gasteiger partial charge in [-0.05, 0) is 83.5 Å². The molecule has 0 bridgehead atoms. The van der Waals surface area contributed by atoms with Crippen molar-refractivity contribution in [2.75, 3.05) is 0 Å². The maximum absolute atomic E-state index is 12.7. The molecule has 3 atom stereocenters. The zero-order valence-electron chi connectivity index (χ0n) is 30.8. The first kappa shape index (κ1) is 42.4. The Bertz CT molecular complexity index is 760. The Labute approximate surface area is 286 Å². The van der Waals surface area contributed by atoms with E-state index < -0.39 is 0 Å². The Balaban J connectivity index is 2.15. The molecule has 0 radical (unpaired) electrons. The van der Waals surface area contributed by atoms with E-state index in [0.717, 1.165) is 64.2 Å². The summed E-state index contributed by atoms with van der Waals surface area (Å²) in [5.41, 5.74) is 5.92. The first-order valence-electron chi connectivity index (χ1n) is 20.4. The summed E-state index contributed by atoms with van der Waals surface area (Å²) in [6.45, 7) is 4.54. The van der Waals surface area contributed by atoms with Crippen LogP contribution in [-0.2, 0) is 14.3 Å². The van der Waals surface area contributed by atoms with Crippen LogP contribution >= 0.6 is 0 Å². The average Bonchev–Trinajstić information content (AvgIpc) is 3.05. The highest BCUT2D eigenvalue weighted by Crippen LogP contribution is 2.35. The van der Waals surface area contributed by atoms with E-state index in [4.69, 9.17) is 10.5 Å². The van der Waals surface area contributed by atoms with E-state index in [0.29, 0.717) is 6.42 Å². The summed E-state index contributed by atoms with van der Waals surface area (Å²) in [5.74, 6) is -0.366. The van der Waals surface area contributed by atoms with Crippen LogP contribution in [0, 0.1) is 11.8 Å². The van der Waals surface area contributed by atoms with Gasteiger partial charge in [0.15, 0.2) is 0 Å². The highest BCUT2D eigenvalue weighted by Gasteiger charge is 2.36. The van der Waals surface area contributed by atoms with Crippen molar-refractivity contribution < 1.29 is 14.3 Å². The van der Waals surface area contributed by atoms with Crippen LogP contribution in [-0.4, -0.2) is 18.0 Å². The van der Waals surface area contributed by atoms with Gasteiger partial charge in [0.25, 0.3) is 0 Å². The summed E-state index contributed by atoms with van der Waals surface area (Å²) in [5, 5.41) is 0. The largest absolute Gasteiger partial charge is 0.462 e. The number of carbonyl (C=O) groups is 2. The SMILES string of the molecule is CCCCCCCCC=CCCCCCCCC(=O)OC1CCCCC1C(CCCCCCC=CCCCCCCCC)C(N)=O. The molecule has 1 rings (SSSR count). The average molecular weight is 644 g/mol. The van der Waals surface area contributed by atoms with Crippen LogP contribution < -0.4 is 5.73 Å². The Morgan fingerprint density at radius 2 is 1.00 bits per heavy atom. The zero-order chi connectivity index (χ0) is 33.3. The number of hydrogen-bond donors (Lipinski definition) is 1. The van der Waals surface area contributed by atoms with E-state index in [9.17, 15) is 9.59 Å². The molecule has 3 unspecified atom stereocenters. The quantitative estimate of drug-likeness (QED) is 0.0450. The molecule has 1 aliphatic carbocycles. The van der Waals surface area contributed by atoms with Gasteiger partial charge < -0.3 is 10.5 Å². The molecule has 46 heavy (non-hydrogen) atoms. The van der Waals surface area contributed by atoms with E-state index in [1.54, 1.807) is 0 Å². The predicted molar refractivity (Wildman–Crippen MR) is 199 cm³/mol. The number of hydrogen-bond acceptors (Lipinski definition) is 3. The molecule has 0 aliphatic heterocycles. The fourth-order valence-electron chi connectivity index (χ4n) is 7.13. The van der Waals surface area contributed by atoms with Gasteiger partial charge in [-0.3, -0.25) is 9.59 Å². The topological polar surface area (TPSA) is 69.4 Å². The smallest absolute Gasteiger partial charge is 0.306 e. The maximum atomic E-state index is 12.7. The van der Waals surface area contributed by atoms with Crippen molar-refractivity contribution in [1.82, 2.24) is 0 Å². The second kappa shape index (κ2) is 32.0. The highest BCUT2D eigenvalue weighted by atomic mass is 16.5. The van der Waals surface area contributed by atoms with Crippen LogP contribution in [0.3, 0.4) is 0 Å².